The molecule has 36 nitrogen and oxygen atoms in total. The van der Waals surface area contributed by atoms with E-state index in [4.69, 9.17) is 5.73 Å². The zero-order valence-corrected chi connectivity index (χ0v) is 73.8. The minimum absolute atomic E-state index is 0.0264. The molecule has 128 heavy (non-hydrogen) atoms. The van der Waals surface area contributed by atoms with E-state index in [1.165, 1.54) is 103 Å². The van der Waals surface area contributed by atoms with Gasteiger partial charge >= 0.3 is 5.97 Å². The van der Waals surface area contributed by atoms with Crippen LogP contribution in [0.3, 0.4) is 0 Å². The first-order valence-electron chi connectivity index (χ1n) is 42.1. The highest BCUT2D eigenvalue weighted by Crippen LogP contribution is 2.24. The van der Waals surface area contributed by atoms with Crippen LogP contribution in [0.25, 0.3) is 10.9 Å². The van der Waals surface area contributed by atoms with Crippen molar-refractivity contribution in [1.29, 1.82) is 0 Å². The van der Waals surface area contributed by atoms with E-state index in [0.717, 1.165) is 31.4 Å². The summed E-state index contributed by atoms with van der Waals surface area (Å²) >= 11 is 0.827. The number of primary amides is 1. The number of para-hydroxylation sites is 1. The standard InChI is InChI=1S/C91H115N17O19S/c1-10-11-28-73-90(126)106(7)50-77(113)97-69(45-79(115)116)86(122)104-80(54(4)5)87(123)101-67(42-59-25-20-37-93-46-59)84(120)102-70(41-58-31-35-62(110)36-32-58)88(124)105(6)49-76(112)96-68(44-60-47-94-64-27-19-18-26-63(60)64)85(121)100-66(39-57-29-33-61(109)34-30-57)83(119)99-65(38-53(2)3)82(118)103-72(81(117)95-48-75(92)111)51-128-52-78(114)98-71(40-55-21-14-12-15-22-55)89(125)108(9)74(91(127)107(73)8)43-56-23-16-13-17-24-56/h12-27,29-37,46-47,53-54,65-74,80,94,109-110H,10-11,28,38-45,48-52H2,1-9H3,(H2,92,111)(H,95,117)(H,96,112)(H,97,113)(H,98,114)(H,99,119)(H,100,121)(H,101,123)(H,102,120)(H,103,118)(H,104,122)(H,115,116)/t65-,66-,67?,68-,69-,70-,71-,72-,73-,74?,80-/m0/s1. The molecule has 0 bridgehead atoms. The van der Waals surface area contributed by atoms with Gasteiger partial charge in [-0.15, -0.1) is 11.8 Å². The average Bonchev–Trinajstić information content (AvgIpc) is 1.75. The van der Waals surface area contributed by atoms with Crippen molar-refractivity contribution in [2.75, 3.05) is 59.3 Å². The molecule has 1 fully saturated rings. The Bertz CT molecular complexity index is 5030. The minimum Gasteiger partial charge on any atom is -0.508 e. The van der Waals surface area contributed by atoms with Gasteiger partial charge in [0.15, 0.2) is 0 Å². The van der Waals surface area contributed by atoms with Crippen molar-refractivity contribution in [3.63, 3.8) is 0 Å². The first-order valence-corrected chi connectivity index (χ1v) is 43.3. The maximum atomic E-state index is 15.5. The average molecular weight is 1780 g/mol. The molecule has 1 aliphatic heterocycles. The Morgan fingerprint density at radius 3 is 1.52 bits per heavy atom. The van der Waals surface area contributed by atoms with Crippen molar-refractivity contribution in [2.45, 2.75) is 172 Å². The molecule has 2 aromatic heterocycles. The van der Waals surface area contributed by atoms with Crippen molar-refractivity contribution < 1.29 is 92.0 Å². The van der Waals surface area contributed by atoms with Gasteiger partial charge in [0.05, 0.1) is 31.8 Å². The summed E-state index contributed by atoms with van der Waals surface area (Å²) in [4.78, 5) is 245. The number of carbonyl (C=O) groups is 16. The highest BCUT2D eigenvalue weighted by Gasteiger charge is 2.41. The molecule has 11 atom stereocenters. The fourth-order valence-corrected chi connectivity index (χ4v) is 15.4. The lowest BCUT2D eigenvalue weighted by Gasteiger charge is -2.37. The third kappa shape index (κ3) is 30.6. The van der Waals surface area contributed by atoms with Crippen LogP contribution < -0.4 is 58.9 Å². The van der Waals surface area contributed by atoms with Gasteiger partial charge in [-0.3, -0.25) is 81.7 Å². The molecule has 0 aliphatic carbocycles. The fourth-order valence-electron chi connectivity index (χ4n) is 14.6. The topological polar surface area (TPSA) is 522 Å². The van der Waals surface area contributed by atoms with Gasteiger partial charge in [0.25, 0.3) is 0 Å². The molecular formula is C91H115N17O19S. The summed E-state index contributed by atoms with van der Waals surface area (Å²) in [5, 5.41) is 58.0. The Kier molecular flexibility index (Phi) is 37.9. The van der Waals surface area contributed by atoms with Gasteiger partial charge in [0.2, 0.25) is 88.6 Å². The number of carboxylic acid groups (broad SMARTS) is 1. The fraction of sp³-hybridized carbons (Fsp3) is 0.418. The van der Waals surface area contributed by atoms with Crippen LogP contribution in [0, 0.1) is 11.8 Å². The molecule has 0 radical (unpaired) electrons. The molecule has 684 valence electrons. The van der Waals surface area contributed by atoms with Gasteiger partial charge in [-0.25, -0.2) is 0 Å². The van der Waals surface area contributed by atoms with Crippen LogP contribution in [0.2, 0.25) is 0 Å². The van der Waals surface area contributed by atoms with Crippen LogP contribution in [-0.2, 0) is 115 Å². The number of hydrogen-bond acceptors (Lipinski definition) is 20. The largest absolute Gasteiger partial charge is 0.508 e. The first kappa shape index (κ1) is 99.7. The number of pyridine rings is 1. The molecule has 3 heterocycles. The number of likely N-dealkylation sites (N-methyl/N-ethyl adjacent to an activating group) is 4. The molecule has 2 unspecified atom stereocenters. The molecule has 1 saturated heterocycles. The zero-order chi connectivity index (χ0) is 93.4. The van der Waals surface area contributed by atoms with Gasteiger partial charge in [0, 0.05) is 102 Å². The lowest BCUT2D eigenvalue weighted by Crippen LogP contribution is -2.61. The molecular weight excluding hydrogens is 1670 g/mol. The van der Waals surface area contributed by atoms with E-state index in [-0.39, 0.29) is 74.5 Å². The molecule has 7 aromatic rings. The number of rotatable bonds is 23. The predicted octanol–water partition coefficient (Wildman–Crippen LogP) is 1.38. The summed E-state index contributed by atoms with van der Waals surface area (Å²) < 4.78 is 0. The second-order valence-corrected chi connectivity index (χ2v) is 33.6. The maximum Gasteiger partial charge on any atom is 0.305 e. The number of H-pyrrole nitrogens is 1. The highest BCUT2D eigenvalue weighted by molar-refractivity contribution is 8.00. The van der Waals surface area contributed by atoms with Crippen LogP contribution in [0.1, 0.15) is 100 Å². The van der Waals surface area contributed by atoms with Gasteiger partial charge in [0.1, 0.15) is 78.0 Å². The molecule has 0 saturated carbocycles. The van der Waals surface area contributed by atoms with E-state index >= 15 is 28.8 Å². The number of carbonyl (C=O) groups excluding carboxylic acids is 15. The number of amides is 15. The van der Waals surface area contributed by atoms with E-state index in [1.807, 2.05) is 6.92 Å². The normalized spacial score (nSPS) is 21.9. The number of phenolic OH excluding ortho intramolecular Hbond substituents is 2. The number of thioether (sulfide) groups is 1. The number of fused-ring (bicyclic) bond motifs is 1. The quantitative estimate of drug-likeness (QED) is 0.0430. The third-order valence-electron chi connectivity index (χ3n) is 21.5. The molecule has 15 amide bonds. The number of aromatic hydroxyl groups is 2. The molecule has 37 heteroatoms. The van der Waals surface area contributed by atoms with Gasteiger partial charge in [-0.1, -0.05) is 157 Å². The van der Waals surface area contributed by atoms with Crippen molar-refractivity contribution in [3.05, 3.63) is 198 Å². The zero-order valence-electron chi connectivity index (χ0n) is 73.0. The molecule has 0 spiro atoms. The van der Waals surface area contributed by atoms with Crippen LogP contribution in [0.15, 0.2) is 164 Å². The number of aliphatic carboxylic acids is 1. The minimum atomic E-state index is -1.91. The second-order valence-electron chi connectivity index (χ2n) is 32.5. The SMILES string of the molecule is CCCC[C@H]1C(=O)N(C)CC(=O)N[C@@H](CC(=O)O)C(=O)N[C@@H](C(C)C)C(=O)NC(Cc2cccnc2)C(=O)N[C@@H](Cc2ccc(O)cc2)C(=O)N(C)CC(=O)N[C@@H](Cc2c[nH]c3ccccc23)C(=O)N[C@@H](Cc2ccc(O)cc2)C(=O)N[C@@H](CC(C)C)C(=O)N[C@H](C(=O)NCC(N)=O)CSCC(=O)N[C@@H](Cc2ccccc2)C(=O)N(C)C(Cc2ccccc2)C(=O)N1C. The summed E-state index contributed by atoms with van der Waals surface area (Å²) in [7, 11) is 5.22. The Hall–Kier alpha value is -13.7. The second kappa shape index (κ2) is 48.7. The van der Waals surface area contributed by atoms with Gasteiger partial charge in [-0.05, 0) is 94.5 Å². The smallest absolute Gasteiger partial charge is 0.305 e. The van der Waals surface area contributed by atoms with Crippen molar-refractivity contribution in [2.24, 2.45) is 17.6 Å². The third-order valence-corrected chi connectivity index (χ3v) is 22.5. The monoisotopic (exact) mass is 1780 g/mol. The summed E-state index contributed by atoms with van der Waals surface area (Å²) in [5.74, 6) is -17.7. The van der Waals surface area contributed by atoms with Crippen LogP contribution in [0.4, 0.5) is 0 Å². The van der Waals surface area contributed by atoms with Crippen LogP contribution in [0.5, 0.6) is 11.5 Å². The number of hydrogen-bond donors (Lipinski definition) is 15. The molecule has 8 rings (SSSR count). The number of nitrogens with two attached hydrogens (primary N) is 1. The number of aromatic amines is 1. The number of unbranched alkanes of at least 4 members (excludes halogenated alkanes) is 1. The van der Waals surface area contributed by atoms with Crippen molar-refractivity contribution in [3.8, 4) is 11.5 Å². The lowest BCUT2D eigenvalue weighted by atomic mass is 9.99. The van der Waals surface area contributed by atoms with E-state index in [1.54, 1.807) is 117 Å². The van der Waals surface area contributed by atoms with Crippen molar-refractivity contribution in [1.82, 2.24) is 82.7 Å². The first-order chi connectivity index (χ1) is 60.9. The molecule has 1 aliphatic rings. The summed E-state index contributed by atoms with van der Waals surface area (Å²) in [5.41, 5.74) is 8.95. The number of nitrogens with zero attached hydrogens (tertiary/aromatic N) is 5. The molecule has 16 N–H and O–H groups in total. The number of benzene rings is 5. The van der Waals surface area contributed by atoms with E-state index < -0.39 is 199 Å². The predicted molar refractivity (Wildman–Crippen MR) is 475 cm³/mol. The number of nitrogens with one attached hydrogen (secondary N) is 11. The number of carboxylic acids is 1. The van der Waals surface area contributed by atoms with Crippen LogP contribution in [-0.4, -0.2) is 265 Å². The van der Waals surface area contributed by atoms with Crippen LogP contribution >= 0.6 is 11.8 Å². The maximum absolute atomic E-state index is 15.5. The highest BCUT2D eigenvalue weighted by atomic mass is 32.2. The van der Waals surface area contributed by atoms with E-state index in [0.29, 0.717) is 57.1 Å². The Morgan fingerprint density at radius 2 is 0.961 bits per heavy atom. The summed E-state index contributed by atoms with van der Waals surface area (Å²) in [6, 6.07) is 21.7. The molecule has 5 aromatic carbocycles. The Labute approximate surface area is 745 Å². The van der Waals surface area contributed by atoms with E-state index in [9.17, 15) is 63.3 Å². The van der Waals surface area contributed by atoms with Gasteiger partial charge in [-0.2, -0.15) is 0 Å². The summed E-state index contributed by atoms with van der Waals surface area (Å²) in [6.07, 6.45) is 2.82. The lowest BCUT2D eigenvalue weighted by molar-refractivity contribution is -0.151. The van der Waals surface area contributed by atoms with Gasteiger partial charge < -0.3 is 98.8 Å². The Balaban J connectivity index is 1.20. The van der Waals surface area contributed by atoms with E-state index in [2.05, 4.69) is 63.1 Å². The summed E-state index contributed by atoms with van der Waals surface area (Å²) in [6.45, 7) is 6.08. The number of phenols is 2. The van der Waals surface area contributed by atoms with Crippen molar-refractivity contribution >= 4 is 117 Å². The number of aromatic nitrogens is 2. The Morgan fingerprint density at radius 1 is 0.492 bits per heavy atom.